The van der Waals surface area contributed by atoms with Crippen molar-refractivity contribution in [3.05, 3.63) is 34.5 Å². The Bertz CT molecular complexity index is 669. The van der Waals surface area contributed by atoms with E-state index in [-0.39, 0.29) is 5.60 Å². The molecule has 0 N–H and O–H groups in total. The third kappa shape index (κ3) is 3.43. The number of likely N-dealkylation sites (tertiary alicyclic amines) is 1. The van der Waals surface area contributed by atoms with E-state index < -0.39 is 0 Å². The van der Waals surface area contributed by atoms with Gasteiger partial charge >= 0.3 is 0 Å². The van der Waals surface area contributed by atoms with Crippen molar-refractivity contribution >= 4 is 17.3 Å². The van der Waals surface area contributed by atoms with E-state index >= 15 is 0 Å². The molecule has 2 saturated heterocycles. The lowest BCUT2D eigenvalue weighted by atomic mass is 9.89. The van der Waals surface area contributed by atoms with Crippen LogP contribution >= 0.6 is 11.3 Å². The molecule has 128 valence electrons. The van der Waals surface area contributed by atoms with Gasteiger partial charge in [-0.3, -0.25) is 4.90 Å². The van der Waals surface area contributed by atoms with E-state index in [1.54, 1.807) is 11.3 Å². The van der Waals surface area contributed by atoms with Crippen LogP contribution in [-0.4, -0.2) is 58.2 Å². The van der Waals surface area contributed by atoms with Crippen molar-refractivity contribution < 1.29 is 4.74 Å². The van der Waals surface area contributed by atoms with Gasteiger partial charge < -0.3 is 9.64 Å². The summed E-state index contributed by atoms with van der Waals surface area (Å²) >= 11 is 1.73. The van der Waals surface area contributed by atoms with Crippen LogP contribution in [0, 0.1) is 6.92 Å². The van der Waals surface area contributed by atoms with Crippen LogP contribution < -0.4 is 4.90 Å². The second kappa shape index (κ2) is 6.74. The summed E-state index contributed by atoms with van der Waals surface area (Å²) in [4.78, 5) is 18.1. The minimum absolute atomic E-state index is 0.0497. The molecule has 24 heavy (non-hydrogen) atoms. The fourth-order valence-corrected chi connectivity index (χ4v) is 4.20. The standard InChI is InChI=1S/C17H23N5OS/c1-14-20-15(12-24-14)11-21-7-3-17(4-8-21)13-22(9-10-23-17)16-18-5-2-6-19-16/h2,5-6,12H,3-4,7-11,13H2,1H3. The third-order valence-electron chi connectivity index (χ3n) is 4.90. The summed E-state index contributed by atoms with van der Waals surface area (Å²) in [5.41, 5.74) is 1.14. The smallest absolute Gasteiger partial charge is 0.225 e. The number of thiazole rings is 1. The van der Waals surface area contributed by atoms with E-state index in [0.717, 1.165) is 63.1 Å². The molecule has 0 bridgehead atoms. The number of aryl methyl sites for hydroxylation is 1. The molecule has 2 aromatic heterocycles. The van der Waals surface area contributed by atoms with Gasteiger partial charge in [-0.25, -0.2) is 15.0 Å². The minimum atomic E-state index is -0.0497. The molecule has 4 heterocycles. The average Bonchev–Trinajstić information content (AvgIpc) is 3.03. The first kappa shape index (κ1) is 15.9. The zero-order valence-electron chi connectivity index (χ0n) is 14.0. The van der Waals surface area contributed by atoms with E-state index in [0.29, 0.717) is 0 Å². The van der Waals surface area contributed by atoms with E-state index in [4.69, 9.17) is 4.74 Å². The molecule has 0 aromatic carbocycles. The highest BCUT2D eigenvalue weighted by molar-refractivity contribution is 7.09. The van der Waals surface area contributed by atoms with Gasteiger partial charge in [-0.2, -0.15) is 0 Å². The Balaban J connectivity index is 1.37. The number of hydrogen-bond donors (Lipinski definition) is 0. The Labute approximate surface area is 146 Å². The van der Waals surface area contributed by atoms with Gasteiger partial charge in [0.05, 0.1) is 29.5 Å². The highest BCUT2D eigenvalue weighted by Crippen LogP contribution is 2.31. The van der Waals surface area contributed by atoms with Gasteiger partial charge in [0, 0.05) is 44.0 Å². The average molecular weight is 345 g/mol. The van der Waals surface area contributed by atoms with Crippen molar-refractivity contribution in [2.75, 3.05) is 37.7 Å². The Morgan fingerprint density at radius 3 is 2.71 bits per heavy atom. The van der Waals surface area contributed by atoms with Crippen molar-refractivity contribution in [1.29, 1.82) is 0 Å². The zero-order valence-corrected chi connectivity index (χ0v) is 14.8. The van der Waals surface area contributed by atoms with E-state index in [1.165, 1.54) is 5.69 Å². The molecule has 0 unspecified atom stereocenters. The van der Waals surface area contributed by atoms with E-state index in [1.807, 2.05) is 18.5 Å². The first-order valence-corrected chi connectivity index (χ1v) is 9.40. The fraction of sp³-hybridized carbons (Fsp3) is 0.588. The predicted octanol–water partition coefficient (Wildman–Crippen LogP) is 2.11. The molecule has 2 aromatic rings. The van der Waals surface area contributed by atoms with Crippen molar-refractivity contribution in [3.8, 4) is 0 Å². The molecule has 0 amide bonds. The van der Waals surface area contributed by atoms with E-state index in [9.17, 15) is 0 Å². The largest absolute Gasteiger partial charge is 0.371 e. The Hall–Kier alpha value is -1.57. The molecule has 4 rings (SSSR count). The van der Waals surface area contributed by atoms with Crippen molar-refractivity contribution in [2.24, 2.45) is 0 Å². The van der Waals surface area contributed by atoms with E-state index in [2.05, 4.69) is 37.1 Å². The van der Waals surface area contributed by atoms with Crippen LogP contribution in [0.4, 0.5) is 5.95 Å². The highest BCUT2D eigenvalue weighted by Gasteiger charge is 2.40. The Morgan fingerprint density at radius 2 is 2.00 bits per heavy atom. The van der Waals surface area contributed by atoms with Crippen LogP contribution in [0.15, 0.2) is 23.8 Å². The molecule has 0 aliphatic carbocycles. The molecule has 7 heteroatoms. The number of piperidine rings is 1. The molecular weight excluding hydrogens is 322 g/mol. The number of aromatic nitrogens is 3. The van der Waals surface area contributed by atoms with Gasteiger partial charge in [0.1, 0.15) is 0 Å². The number of morpholine rings is 1. The quantitative estimate of drug-likeness (QED) is 0.849. The van der Waals surface area contributed by atoms with Gasteiger partial charge in [0.2, 0.25) is 5.95 Å². The minimum Gasteiger partial charge on any atom is -0.371 e. The summed E-state index contributed by atoms with van der Waals surface area (Å²) < 4.78 is 6.22. The molecule has 1 spiro atoms. The van der Waals surface area contributed by atoms with Gasteiger partial charge in [0.15, 0.2) is 0 Å². The second-order valence-electron chi connectivity index (χ2n) is 6.64. The lowest BCUT2D eigenvalue weighted by Crippen LogP contribution is -2.57. The van der Waals surface area contributed by atoms with Crippen molar-refractivity contribution in [1.82, 2.24) is 19.9 Å². The fourth-order valence-electron chi connectivity index (χ4n) is 3.60. The van der Waals surface area contributed by atoms with Crippen molar-refractivity contribution in [3.63, 3.8) is 0 Å². The molecule has 2 fully saturated rings. The molecule has 2 aliphatic rings. The summed E-state index contributed by atoms with van der Waals surface area (Å²) in [6, 6.07) is 1.86. The summed E-state index contributed by atoms with van der Waals surface area (Å²) in [6.07, 6.45) is 5.73. The molecule has 2 aliphatic heterocycles. The summed E-state index contributed by atoms with van der Waals surface area (Å²) in [5.74, 6) is 0.820. The number of hydrogen-bond acceptors (Lipinski definition) is 7. The zero-order chi connectivity index (χ0) is 16.4. The number of ether oxygens (including phenoxy) is 1. The first-order chi connectivity index (χ1) is 11.7. The molecular formula is C17H23N5OS. The number of rotatable bonds is 3. The summed E-state index contributed by atoms with van der Waals surface area (Å²) in [5, 5.41) is 3.32. The van der Waals surface area contributed by atoms with Crippen LogP contribution in [0.2, 0.25) is 0 Å². The van der Waals surface area contributed by atoms with Gasteiger partial charge in [-0.05, 0) is 25.8 Å². The van der Waals surface area contributed by atoms with Crippen LogP contribution in [0.3, 0.4) is 0 Å². The number of anilines is 1. The Morgan fingerprint density at radius 1 is 1.21 bits per heavy atom. The van der Waals surface area contributed by atoms with Gasteiger partial charge in [0.25, 0.3) is 0 Å². The molecule has 0 atom stereocenters. The maximum absolute atomic E-state index is 6.22. The normalized spacial score (nSPS) is 21.3. The van der Waals surface area contributed by atoms with Crippen LogP contribution in [0.25, 0.3) is 0 Å². The monoisotopic (exact) mass is 345 g/mol. The lowest BCUT2D eigenvalue weighted by molar-refractivity contribution is -0.0925. The molecule has 0 radical (unpaired) electrons. The maximum Gasteiger partial charge on any atom is 0.225 e. The van der Waals surface area contributed by atoms with Crippen LogP contribution in [0.5, 0.6) is 0 Å². The van der Waals surface area contributed by atoms with Crippen LogP contribution in [0.1, 0.15) is 23.5 Å². The Kier molecular flexibility index (Phi) is 4.47. The predicted molar refractivity (Wildman–Crippen MR) is 94.3 cm³/mol. The second-order valence-corrected chi connectivity index (χ2v) is 7.70. The summed E-state index contributed by atoms with van der Waals surface area (Å²) in [7, 11) is 0. The highest BCUT2D eigenvalue weighted by atomic mass is 32.1. The maximum atomic E-state index is 6.22. The lowest BCUT2D eigenvalue weighted by Gasteiger charge is -2.47. The SMILES string of the molecule is Cc1nc(CN2CCC3(CC2)CN(c2ncccn2)CCO3)cs1. The van der Waals surface area contributed by atoms with Gasteiger partial charge in [-0.15, -0.1) is 11.3 Å². The molecule has 0 saturated carbocycles. The molecule has 6 nitrogen and oxygen atoms in total. The van der Waals surface area contributed by atoms with Gasteiger partial charge in [-0.1, -0.05) is 0 Å². The number of nitrogens with zero attached hydrogens (tertiary/aromatic N) is 5. The van der Waals surface area contributed by atoms with Crippen molar-refractivity contribution in [2.45, 2.75) is 31.9 Å². The summed E-state index contributed by atoms with van der Waals surface area (Å²) in [6.45, 7) is 7.64. The third-order valence-corrected chi connectivity index (χ3v) is 5.73. The first-order valence-electron chi connectivity index (χ1n) is 8.52. The topological polar surface area (TPSA) is 54.4 Å². The van der Waals surface area contributed by atoms with Crippen LogP contribution in [-0.2, 0) is 11.3 Å².